The highest BCUT2D eigenvalue weighted by molar-refractivity contribution is 5.79. The first kappa shape index (κ1) is 11.5. The third-order valence-corrected chi connectivity index (χ3v) is 2.92. The highest BCUT2D eigenvalue weighted by atomic mass is 16.2. The number of rotatable bonds is 3. The monoisotopic (exact) mass is 199 g/mol. The van der Waals surface area contributed by atoms with E-state index in [-0.39, 0.29) is 23.9 Å². The van der Waals surface area contributed by atoms with E-state index in [1.54, 1.807) is 0 Å². The zero-order valence-corrected chi connectivity index (χ0v) is 9.29. The van der Waals surface area contributed by atoms with Gasteiger partial charge in [0.1, 0.15) is 0 Å². The number of amides is 1. The van der Waals surface area contributed by atoms with Gasteiger partial charge in [-0.15, -0.1) is 0 Å². The minimum atomic E-state index is 0.0121. The van der Waals surface area contributed by atoms with Gasteiger partial charge in [-0.3, -0.25) is 4.79 Å². The Labute approximate surface area is 85.8 Å². The van der Waals surface area contributed by atoms with Crippen LogP contribution in [0.4, 0.5) is 0 Å². The third-order valence-electron chi connectivity index (χ3n) is 2.92. The van der Waals surface area contributed by atoms with E-state index < -0.39 is 0 Å². The normalized spacial score (nSPS) is 27.3. The van der Waals surface area contributed by atoms with Gasteiger partial charge in [0.25, 0.3) is 0 Å². The molecule has 1 rings (SSSR count). The second-order valence-electron chi connectivity index (χ2n) is 4.40. The van der Waals surface area contributed by atoms with Gasteiger partial charge in [0.2, 0.25) is 5.91 Å². The average Bonchev–Trinajstić information content (AvgIpc) is 2.51. The molecule has 3 atom stereocenters. The molecule has 1 heterocycles. The first-order chi connectivity index (χ1) is 6.50. The van der Waals surface area contributed by atoms with Gasteiger partial charge in [-0.1, -0.05) is 0 Å². The van der Waals surface area contributed by atoms with Gasteiger partial charge >= 0.3 is 0 Å². The molecule has 1 aliphatic rings. The van der Waals surface area contributed by atoms with Crippen LogP contribution in [0.1, 0.15) is 20.3 Å². The van der Waals surface area contributed by atoms with Crippen LogP contribution in [-0.4, -0.2) is 43.0 Å². The molecule has 1 aliphatic heterocycles. The second kappa shape index (κ2) is 4.75. The van der Waals surface area contributed by atoms with E-state index >= 15 is 0 Å². The molecule has 0 bridgehead atoms. The maximum Gasteiger partial charge on any atom is 0.224 e. The Kier molecular flexibility index (Phi) is 3.89. The van der Waals surface area contributed by atoms with Crippen LogP contribution in [0.2, 0.25) is 0 Å². The summed E-state index contributed by atoms with van der Waals surface area (Å²) in [5.74, 6) is 0.306. The molecule has 3 N–H and O–H groups in total. The van der Waals surface area contributed by atoms with Crippen LogP contribution in [-0.2, 0) is 4.79 Å². The van der Waals surface area contributed by atoms with E-state index in [4.69, 9.17) is 5.73 Å². The van der Waals surface area contributed by atoms with E-state index in [0.29, 0.717) is 0 Å². The third kappa shape index (κ3) is 2.96. The number of hydrogen-bond donors (Lipinski definition) is 2. The molecule has 0 aromatic carbocycles. The predicted molar refractivity (Wildman–Crippen MR) is 56.9 cm³/mol. The second-order valence-corrected chi connectivity index (χ2v) is 4.40. The van der Waals surface area contributed by atoms with E-state index in [0.717, 1.165) is 19.5 Å². The minimum Gasteiger partial charge on any atom is -0.352 e. The Morgan fingerprint density at radius 3 is 2.64 bits per heavy atom. The van der Waals surface area contributed by atoms with Crippen molar-refractivity contribution in [1.29, 1.82) is 0 Å². The molecule has 0 aromatic rings. The quantitative estimate of drug-likeness (QED) is 0.661. The van der Waals surface area contributed by atoms with Crippen LogP contribution >= 0.6 is 0 Å². The van der Waals surface area contributed by atoms with Crippen LogP contribution in [0.5, 0.6) is 0 Å². The minimum absolute atomic E-state index is 0.0121. The summed E-state index contributed by atoms with van der Waals surface area (Å²) in [4.78, 5) is 13.9. The summed E-state index contributed by atoms with van der Waals surface area (Å²) in [6.07, 6.45) is 0.966. The number of carbonyl (C=O) groups excluding carboxylic acids is 1. The van der Waals surface area contributed by atoms with Gasteiger partial charge in [-0.2, -0.15) is 0 Å². The SMILES string of the molecule is CC(N)C(C)NC(=O)C1CCN(C)C1. The number of nitrogens with one attached hydrogen (secondary N) is 1. The Hall–Kier alpha value is -0.610. The van der Waals surface area contributed by atoms with E-state index in [2.05, 4.69) is 10.2 Å². The number of nitrogens with zero attached hydrogens (tertiary/aromatic N) is 1. The van der Waals surface area contributed by atoms with Crippen molar-refractivity contribution in [2.24, 2.45) is 11.7 Å². The van der Waals surface area contributed by atoms with Crippen LogP contribution in [0, 0.1) is 5.92 Å². The molecule has 0 spiro atoms. The molecule has 1 saturated heterocycles. The van der Waals surface area contributed by atoms with Crippen molar-refractivity contribution in [1.82, 2.24) is 10.2 Å². The van der Waals surface area contributed by atoms with E-state index in [1.807, 2.05) is 20.9 Å². The van der Waals surface area contributed by atoms with Crippen molar-refractivity contribution in [2.45, 2.75) is 32.4 Å². The molecule has 0 saturated carbocycles. The fraction of sp³-hybridized carbons (Fsp3) is 0.900. The van der Waals surface area contributed by atoms with Crippen molar-refractivity contribution < 1.29 is 4.79 Å². The lowest BCUT2D eigenvalue weighted by molar-refractivity contribution is -0.125. The van der Waals surface area contributed by atoms with Gasteiger partial charge in [-0.25, -0.2) is 0 Å². The summed E-state index contributed by atoms with van der Waals surface area (Å²) in [6.45, 7) is 5.75. The van der Waals surface area contributed by atoms with Crippen LogP contribution in [0.25, 0.3) is 0 Å². The molecule has 0 aromatic heterocycles. The number of carbonyl (C=O) groups is 1. The Morgan fingerprint density at radius 2 is 2.21 bits per heavy atom. The van der Waals surface area contributed by atoms with E-state index in [1.165, 1.54) is 0 Å². The molecule has 0 aliphatic carbocycles. The topological polar surface area (TPSA) is 58.4 Å². The number of likely N-dealkylation sites (tertiary alicyclic amines) is 1. The smallest absolute Gasteiger partial charge is 0.224 e. The summed E-state index contributed by atoms with van der Waals surface area (Å²) in [7, 11) is 2.04. The molecular formula is C10H21N3O. The summed E-state index contributed by atoms with van der Waals surface area (Å²) in [6, 6.07) is 0.0755. The predicted octanol–water partition coefficient (Wildman–Crippen LogP) is -0.210. The highest BCUT2D eigenvalue weighted by Crippen LogP contribution is 2.14. The summed E-state index contributed by atoms with van der Waals surface area (Å²) >= 11 is 0. The van der Waals surface area contributed by atoms with Crippen LogP contribution < -0.4 is 11.1 Å². The summed E-state index contributed by atoms with van der Waals surface area (Å²) < 4.78 is 0. The summed E-state index contributed by atoms with van der Waals surface area (Å²) in [5, 5.41) is 2.95. The van der Waals surface area contributed by atoms with Gasteiger partial charge in [0.05, 0.1) is 5.92 Å². The van der Waals surface area contributed by atoms with Gasteiger partial charge < -0.3 is 16.0 Å². The van der Waals surface area contributed by atoms with Gasteiger partial charge in [0, 0.05) is 18.6 Å². The molecule has 1 fully saturated rings. The highest BCUT2D eigenvalue weighted by Gasteiger charge is 2.27. The lowest BCUT2D eigenvalue weighted by atomic mass is 10.1. The van der Waals surface area contributed by atoms with Gasteiger partial charge in [-0.05, 0) is 33.9 Å². The number of hydrogen-bond acceptors (Lipinski definition) is 3. The summed E-state index contributed by atoms with van der Waals surface area (Å²) in [5.41, 5.74) is 5.69. The van der Waals surface area contributed by atoms with Crippen molar-refractivity contribution >= 4 is 5.91 Å². The van der Waals surface area contributed by atoms with Crippen molar-refractivity contribution in [3.05, 3.63) is 0 Å². The maximum absolute atomic E-state index is 11.7. The molecule has 3 unspecified atom stereocenters. The fourth-order valence-corrected chi connectivity index (χ4v) is 1.62. The first-order valence-corrected chi connectivity index (χ1v) is 5.25. The molecule has 4 heteroatoms. The average molecular weight is 199 g/mol. The molecule has 0 radical (unpaired) electrons. The van der Waals surface area contributed by atoms with Crippen LogP contribution in [0.15, 0.2) is 0 Å². The molecule has 82 valence electrons. The van der Waals surface area contributed by atoms with Gasteiger partial charge in [0.15, 0.2) is 0 Å². The Balaban J connectivity index is 2.35. The Bertz CT molecular complexity index is 206. The maximum atomic E-state index is 11.7. The van der Waals surface area contributed by atoms with Crippen molar-refractivity contribution in [2.75, 3.05) is 20.1 Å². The lowest BCUT2D eigenvalue weighted by Crippen LogP contribution is -2.46. The lowest BCUT2D eigenvalue weighted by Gasteiger charge is -2.19. The largest absolute Gasteiger partial charge is 0.352 e. The zero-order valence-electron chi connectivity index (χ0n) is 9.29. The molecule has 4 nitrogen and oxygen atoms in total. The number of nitrogens with two attached hydrogens (primary N) is 1. The van der Waals surface area contributed by atoms with E-state index in [9.17, 15) is 4.79 Å². The standard InChI is InChI=1S/C10H21N3O/c1-7(11)8(2)12-10(14)9-4-5-13(3)6-9/h7-9H,4-6,11H2,1-3H3,(H,12,14). The fourth-order valence-electron chi connectivity index (χ4n) is 1.62. The van der Waals surface area contributed by atoms with Crippen LogP contribution in [0.3, 0.4) is 0 Å². The molecular weight excluding hydrogens is 178 g/mol. The first-order valence-electron chi connectivity index (χ1n) is 5.25. The molecule has 14 heavy (non-hydrogen) atoms. The van der Waals surface area contributed by atoms with Crippen molar-refractivity contribution in [3.8, 4) is 0 Å². The van der Waals surface area contributed by atoms with Crippen molar-refractivity contribution in [3.63, 3.8) is 0 Å². The molecule has 1 amide bonds. The zero-order chi connectivity index (χ0) is 10.7. The Morgan fingerprint density at radius 1 is 1.57 bits per heavy atom.